The Bertz CT molecular complexity index is 678. The van der Waals surface area contributed by atoms with Crippen molar-refractivity contribution in [1.29, 1.82) is 0 Å². The number of amides is 1. The van der Waals surface area contributed by atoms with Gasteiger partial charge in [-0.05, 0) is 45.7 Å². The molecular formula is C16H23NO5S. The van der Waals surface area contributed by atoms with Crippen molar-refractivity contribution in [3.05, 3.63) is 29.8 Å². The summed E-state index contributed by atoms with van der Waals surface area (Å²) in [5.74, 6) is 0. The van der Waals surface area contributed by atoms with Gasteiger partial charge in [0.25, 0.3) is 10.1 Å². The zero-order valence-electron chi connectivity index (χ0n) is 13.9. The highest BCUT2D eigenvalue weighted by Crippen LogP contribution is 2.24. The number of hydrogen-bond acceptors (Lipinski definition) is 5. The van der Waals surface area contributed by atoms with E-state index in [1.54, 1.807) is 45.9 Å². The van der Waals surface area contributed by atoms with Gasteiger partial charge in [-0.15, -0.1) is 0 Å². The number of benzene rings is 1. The van der Waals surface area contributed by atoms with Crippen molar-refractivity contribution in [2.75, 3.05) is 13.2 Å². The van der Waals surface area contributed by atoms with Crippen LogP contribution in [0.1, 0.15) is 32.8 Å². The zero-order chi connectivity index (χ0) is 17.3. The van der Waals surface area contributed by atoms with Gasteiger partial charge in [0.1, 0.15) is 5.60 Å². The fraction of sp³-hybridized carbons (Fsp3) is 0.562. The number of nitrogens with zero attached hydrogens (tertiary/aromatic N) is 1. The maximum atomic E-state index is 12.2. The van der Waals surface area contributed by atoms with Crippen LogP contribution in [-0.2, 0) is 19.0 Å². The van der Waals surface area contributed by atoms with Crippen LogP contribution in [0.15, 0.2) is 29.2 Å². The summed E-state index contributed by atoms with van der Waals surface area (Å²) in [7, 11) is -3.83. The van der Waals surface area contributed by atoms with Gasteiger partial charge in [-0.25, -0.2) is 4.79 Å². The van der Waals surface area contributed by atoms with Crippen molar-refractivity contribution in [2.24, 2.45) is 0 Å². The van der Waals surface area contributed by atoms with Crippen LogP contribution in [0.4, 0.5) is 4.79 Å². The lowest BCUT2D eigenvalue weighted by atomic mass is 10.1. The molecule has 0 spiro atoms. The molecular weight excluding hydrogens is 318 g/mol. The monoisotopic (exact) mass is 341 g/mol. The molecule has 0 saturated carbocycles. The summed E-state index contributed by atoms with van der Waals surface area (Å²) in [5.41, 5.74) is 0.0517. The topological polar surface area (TPSA) is 72.9 Å². The van der Waals surface area contributed by atoms with Crippen LogP contribution in [0.25, 0.3) is 0 Å². The van der Waals surface area contributed by atoms with Gasteiger partial charge in [-0.3, -0.25) is 4.18 Å². The second-order valence-corrected chi connectivity index (χ2v) is 8.20. The Morgan fingerprint density at radius 1 is 1.30 bits per heavy atom. The largest absolute Gasteiger partial charge is 0.444 e. The average molecular weight is 341 g/mol. The van der Waals surface area contributed by atoms with Crippen molar-refractivity contribution >= 4 is 16.2 Å². The number of hydrogen-bond donors (Lipinski definition) is 0. The molecule has 1 fully saturated rings. The quantitative estimate of drug-likeness (QED) is 0.787. The first-order valence-corrected chi connectivity index (χ1v) is 8.96. The third kappa shape index (κ3) is 4.45. The number of rotatable bonds is 4. The summed E-state index contributed by atoms with van der Waals surface area (Å²) in [6.45, 7) is 7.58. The molecule has 1 saturated heterocycles. The summed E-state index contributed by atoms with van der Waals surface area (Å²) in [6, 6.07) is 6.37. The smallest absolute Gasteiger partial charge is 0.410 e. The van der Waals surface area contributed by atoms with E-state index >= 15 is 0 Å². The Morgan fingerprint density at radius 3 is 2.48 bits per heavy atom. The number of ether oxygens (including phenoxy) is 1. The molecule has 1 heterocycles. The van der Waals surface area contributed by atoms with Crippen molar-refractivity contribution in [3.63, 3.8) is 0 Å². The van der Waals surface area contributed by atoms with Gasteiger partial charge >= 0.3 is 6.09 Å². The van der Waals surface area contributed by atoms with Crippen LogP contribution < -0.4 is 0 Å². The summed E-state index contributed by atoms with van der Waals surface area (Å²) < 4.78 is 34.9. The SMILES string of the molecule is Cc1ccccc1S(=O)(=O)OCC1CCN1C(=O)OC(C)(C)C. The lowest BCUT2D eigenvalue weighted by molar-refractivity contribution is -0.0137. The predicted octanol–water partition coefficient (Wildman–Crippen LogP) is 2.71. The minimum absolute atomic E-state index is 0.0596. The lowest BCUT2D eigenvalue weighted by Crippen LogP contribution is -2.54. The van der Waals surface area contributed by atoms with E-state index in [2.05, 4.69) is 0 Å². The Hall–Kier alpha value is -1.60. The highest BCUT2D eigenvalue weighted by Gasteiger charge is 2.36. The molecule has 6 nitrogen and oxygen atoms in total. The van der Waals surface area contributed by atoms with E-state index in [0.717, 1.165) is 0 Å². The van der Waals surface area contributed by atoms with Crippen molar-refractivity contribution < 1.29 is 22.1 Å². The fourth-order valence-corrected chi connectivity index (χ4v) is 3.41. The number of carbonyl (C=O) groups is 1. The van der Waals surface area contributed by atoms with Crippen LogP contribution in [0.2, 0.25) is 0 Å². The average Bonchev–Trinajstić information content (AvgIpc) is 2.35. The highest BCUT2D eigenvalue weighted by molar-refractivity contribution is 7.86. The van der Waals surface area contributed by atoms with E-state index in [1.165, 1.54) is 11.0 Å². The van der Waals surface area contributed by atoms with Gasteiger partial charge in [0.05, 0.1) is 17.5 Å². The molecule has 0 aliphatic carbocycles. The van der Waals surface area contributed by atoms with Gasteiger partial charge in [-0.1, -0.05) is 18.2 Å². The number of carbonyl (C=O) groups excluding carboxylic acids is 1. The van der Waals surface area contributed by atoms with E-state index in [9.17, 15) is 13.2 Å². The fourth-order valence-electron chi connectivity index (χ4n) is 2.24. The molecule has 1 aromatic rings. The number of aryl methyl sites for hydroxylation is 1. The molecule has 0 N–H and O–H groups in total. The van der Waals surface area contributed by atoms with Gasteiger partial charge in [-0.2, -0.15) is 8.42 Å². The molecule has 0 aromatic heterocycles. The third-order valence-corrected chi connectivity index (χ3v) is 4.99. The zero-order valence-corrected chi connectivity index (χ0v) is 14.7. The Morgan fingerprint density at radius 2 is 1.96 bits per heavy atom. The molecule has 1 aliphatic rings. The van der Waals surface area contributed by atoms with Gasteiger partial charge in [0, 0.05) is 6.54 Å². The molecule has 1 aromatic carbocycles. The lowest BCUT2D eigenvalue weighted by Gasteiger charge is -2.40. The van der Waals surface area contributed by atoms with E-state index < -0.39 is 21.8 Å². The van der Waals surface area contributed by atoms with Gasteiger partial charge in [0.15, 0.2) is 0 Å². The van der Waals surface area contributed by atoms with Crippen LogP contribution in [0.5, 0.6) is 0 Å². The van der Waals surface area contributed by atoms with E-state index in [-0.39, 0.29) is 17.5 Å². The summed E-state index contributed by atoms with van der Waals surface area (Å²) in [6.07, 6.45) is 0.258. The Balaban J connectivity index is 1.96. The van der Waals surface area contributed by atoms with Crippen LogP contribution in [0, 0.1) is 6.92 Å². The summed E-state index contributed by atoms with van der Waals surface area (Å²) in [4.78, 5) is 13.7. The van der Waals surface area contributed by atoms with E-state index in [0.29, 0.717) is 18.5 Å². The third-order valence-electron chi connectivity index (χ3n) is 3.55. The summed E-state index contributed by atoms with van der Waals surface area (Å²) in [5, 5.41) is 0. The minimum Gasteiger partial charge on any atom is -0.444 e. The molecule has 23 heavy (non-hydrogen) atoms. The molecule has 0 bridgehead atoms. The maximum Gasteiger partial charge on any atom is 0.410 e. The van der Waals surface area contributed by atoms with Crippen LogP contribution >= 0.6 is 0 Å². The molecule has 7 heteroatoms. The minimum atomic E-state index is -3.83. The van der Waals surface area contributed by atoms with Gasteiger partial charge < -0.3 is 9.64 Å². The normalized spacial score (nSPS) is 18.4. The molecule has 1 unspecified atom stereocenters. The molecule has 2 rings (SSSR count). The van der Waals surface area contributed by atoms with E-state index in [4.69, 9.17) is 8.92 Å². The van der Waals surface area contributed by atoms with Gasteiger partial charge in [0.2, 0.25) is 0 Å². The molecule has 1 amide bonds. The molecule has 128 valence electrons. The Labute approximate surface area is 137 Å². The second-order valence-electron chi connectivity index (χ2n) is 6.62. The maximum absolute atomic E-state index is 12.2. The summed E-state index contributed by atoms with van der Waals surface area (Å²) >= 11 is 0. The molecule has 1 atom stereocenters. The van der Waals surface area contributed by atoms with E-state index in [1.807, 2.05) is 0 Å². The first kappa shape index (κ1) is 17.7. The van der Waals surface area contributed by atoms with Crippen molar-refractivity contribution in [3.8, 4) is 0 Å². The molecule has 1 aliphatic heterocycles. The first-order valence-electron chi connectivity index (χ1n) is 7.55. The second kappa shape index (κ2) is 6.49. The Kier molecular flexibility index (Phi) is 5.01. The standard InChI is InChI=1S/C16H23NO5S/c1-12-7-5-6-8-14(12)23(19,20)21-11-13-9-10-17(13)15(18)22-16(2,3)4/h5-8,13H,9-11H2,1-4H3. The highest BCUT2D eigenvalue weighted by atomic mass is 32.2. The van der Waals surface area contributed by atoms with Crippen molar-refractivity contribution in [2.45, 2.75) is 50.7 Å². The van der Waals surface area contributed by atoms with Crippen LogP contribution in [-0.4, -0.2) is 44.2 Å². The molecule has 0 radical (unpaired) electrons. The first-order chi connectivity index (χ1) is 10.6. The predicted molar refractivity (Wildman–Crippen MR) is 85.7 cm³/mol. The number of likely N-dealkylation sites (tertiary alicyclic amines) is 1. The van der Waals surface area contributed by atoms with Crippen LogP contribution in [0.3, 0.4) is 0 Å². The van der Waals surface area contributed by atoms with Crippen molar-refractivity contribution in [1.82, 2.24) is 4.90 Å².